The number of fused-ring (bicyclic) bond motifs is 1. The van der Waals surface area contributed by atoms with Crippen LogP contribution < -0.4 is 10.2 Å². The number of pyridine rings is 1. The molecule has 8 heteroatoms. The SMILES string of the molecule is C[C@H]1CN(c2cc(-c3cnn(C)c3)cn3ncc(C#N)c23)CCN1.Cl. The zero-order valence-corrected chi connectivity index (χ0v) is 15.0. The monoisotopic (exact) mass is 357 g/mol. The van der Waals surface area contributed by atoms with E-state index in [0.29, 0.717) is 11.6 Å². The molecule has 0 spiro atoms. The lowest BCUT2D eigenvalue weighted by Gasteiger charge is -2.34. The van der Waals surface area contributed by atoms with E-state index in [9.17, 15) is 5.26 Å². The fourth-order valence-electron chi connectivity index (χ4n) is 3.30. The maximum Gasteiger partial charge on any atom is 0.107 e. The molecule has 0 aliphatic carbocycles. The molecule has 1 fully saturated rings. The van der Waals surface area contributed by atoms with Gasteiger partial charge in [0.25, 0.3) is 0 Å². The Bertz CT molecular complexity index is 936. The summed E-state index contributed by atoms with van der Waals surface area (Å²) in [6.45, 7) is 4.92. The standard InChI is InChI=1S/C17H19N7.ClH/c1-12-9-23(4-3-19-12)16-5-13(15-8-20-22(2)10-15)11-24-17(16)14(6-18)7-21-24;/h5,7-8,10-12,19H,3-4,9H2,1-2H3;1H/t12-;/m0./s1. The average Bonchev–Trinajstić information content (AvgIpc) is 3.19. The van der Waals surface area contributed by atoms with Gasteiger partial charge in [0, 0.05) is 56.2 Å². The number of nitrogens with one attached hydrogen (secondary N) is 1. The van der Waals surface area contributed by atoms with E-state index >= 15 is 0 Å². The first-order chi connectivity index (χ1) is 11.7. The van der Waals surface area contributed by atoms with Gasteiger partial charge in [-0.15, -0.1) is 12.4 Å². The van der Waals surface area contributed by atoms with Gasteiger partial charge in [-0.2, -0.15) is 15.5 Å². The lowest BCUT2D eigenvalue weighted by atomic mass is 10.1. The van der Waals surface area contributed by atoms with E-state index in [1.807, 2.05) is 30.2 Å². The predicted molar refractivity (Wildman–Crippen MR) is 99.0 cm³/mol. The smallest absolute Gasteiger partial charge is 0.107 e. The summed E-state index contributed by atoms with van der Waals surface area (Å²) < 4.78 is 3.60. The van der Waals surface area contributed by atoms with Crippen LogP contribution >= 0.6 is 12.4 Å². The normalized spacial score (nSPS) is 17.3. The van der Waals surface area contributed by atoms with Gasteiger partial charge < -0.3 is 10.2 Å². The first kappa shape index (κ1) is 17.3. The van der Waals surface area contributed by atoms with Crippen molar-refractivity contribution < 1.29 is 0 Å². The van der Waals surface area contributed by atoms with E-state index in [4.69, 9.17) is 0 Å². The fourth-order valence-corrected chi connectivity index (χ4v) is 3.30. The van der Waals surface area contributed by atoms with Crippen LogP contribution in [0.5, 0.6) is 0 Å². The van der Waals surface area contributed by atoms with Crippen molar-refractivity contribution >= 4 is 23.6 Å². The van der Waals surface area contributed by atoms with E-state index in [2.05, 4.69) is 39.5 Å². The van der Waals surface area contributed by atoms with Crippen LogP contribution in [-0.4, -0.2) is 45.1 Å². The Morgan fingerprint density at radius 1 is 1.24 bits per heavy atom. The summed E-state index contributed by atoms with van der Waals surface area (Å²) in [5, 5.41) is 21.5. The van der Waals surface area contributed by atoms with Crippen LogP contribution in [0.25, 0.3) is 16.6 Å². The first-order valence-corrected chi connectivity index (χ1v) is 8.04. The summed E-state index contributed by atoms with van der Waals surface area (Å²) in [6, 6.07) is 4.82. The second kappa shape index (κ2) is 6.75. The molecule has 1 aliphatic heterocycles. The highest BCUT2D eigenvalue weighted by molar-refractivity contribution is 5.85. The fraction of sp³-hybridized carbons (Fsp3) is 0.353. The quantitative estimate of drug-likeness (QED) is 0.757. The second-order valence-electron chi connectivity index (χ2n) is 6.28. The van der Waals surface area contributed by atoms with E-state index in [1.165, 1.54) is 0 Å². The Morgan fingerprint density at radius 2 is 2.08 bits per heavy atom. The molecule has 0 amide bonds. The highest BCUT2D eigenvalue weighted by atomic mass is 35.5. The lowest BCUT2D eigenvalue weighted by molar-refractivity contribution is 0.485. The molecule has 0 radical (unpaired) electrons. The van der Waals surface area contributed by atoms with Crippen molar-refractivity contribution in [2.45, 2.75) is 13.0 Å². The molecule has 1 atom stereocenters. The topological polar surface area (TPSA) is 74.2 Å². The van der Waals surface area contributed by atoms with Gasteiger partial charge in [-0.1, -0.05) is 0 Å². The van der Waals surface area contributed by atoms with Crippen molar-refractivity contribution in [3.05, 3.63) is 36.4 Å². The zero-order chi connectivity index (χ0) is 16.7. The number of piperazine rings is 1. The van der Waals surface area contributed by atoms with Gasteiger partial charge in [-0.3, -0.25) is 4.68 Å². The average molecular weight is 358 g/mol. The van der Waals surface area contributed by atoms with Crippen LogP contribution in [-0.2, 0) is 7.05 Å². The van der Waals surface area contributed by atoms with Crippen LogP contribution in [0.1, 0.15) is 12.5 Å². The minimum atomic E-state index is 0. The molecule has 0 bridgehead atoms. The van der Waals surface area contributed by atoms with E-state index in [0.717, 1.165) is 42.0 Å². The molecule has 0 saturated carbocycles. The molecule has 3 aromatic heterocycles. The number of nitrogens with zero attached hydrogens (tertiary/aromatic N) is 6. The number of aryl methyl sites for hydroxylation is 1. The van der Waals surface area contributed by atoms with Crippen molar-refractivity contribution in [3.8, 4) is 17.2 Å². The van der Waals surface area contributed by atoms with Crippen LogP contribution in [0.15, 0.2) is 30.9 Å². The van der Waals surface area contributed by atoms with Gasteiger partial charge in [0.2, 0.25) is 0 Å². The molecular formula is C17H20ClN7. The Labute approximate surface area is 152 Å². The Balaban J connectivity index is 0.00000182. The third kappa shape index (κ3) is 3.06. The maximum atomic E-state index is 9.44. The van der Waals surface area contributed by atoms with Crippen molar-refractivity contribution in [1.29, 1.82) is 5.26 Å². The van der Waals surface area contributed by atoms with E-state index < -0.39 is 0 Å². The molecule has 130 valence electrons. The minimum absolute atomic E-state index is 0. The van der Waals surface area contributed by atoms with Crippen molar-refractivity contribution in [1.82, 2.24) is 24.7 Å². The largest absolute Gasteiger partial charge is 0.367 e. The summed E-state index contributed by atoms with van der Waals surface area (Å²) in [4.78, 5) is 2.33. The van der Waals surface area contributed by atoms with E-state index in [-0.39, 0.29) is 12.4 Å². The summed E-state index contributed by atoms with van der Waals surface area (Å²) in [6.07, 6.45) is 7.43. The van der Waals surface area contributed by atoms with Crippen LogP contribution in [0.3, 0.4) is 0 Å². The number of nitriles is 1. The predicted octanol–water partition coefficient (Wildman–Crippen LogP) is 1.83. The van der Waals surface area contributed by atoms with Gasteiger partial charge >= 0.3 is 0 Å². The molecule has 1 aliphatic rings. The summed E-state index contributed by atoms with van der Waals surface area (Å²) in [5.41, 5.74) is 4.62. The van der Waals surface area contributed by atoms with Gasteiger partial charge in [0.1, 0.15) is 11.6 Å². The van der Waals surface area contributed by atoms with Gasteiger partial charge in [0.05, 0.1) is 23.6 Å². The molecule has 1 saturated heterocycles. The number of rotatable bonds is 2. The van der Waals surface area contributed by atoms with Crippen molar-refractivity contribution in [2.24, 2.45) is 7.05 Å². The number of hydrogen-bond acceptors (Lipinski definition) is 5. The molecule has 1 N–H and O–H groups in total. The zero-order valence-electron chi connectivity index (χ0n) is 14.2. The number of aromatic nitrogens is 4. The number of anilines is 1. The number of hydrogen-bond donors (Lipinski definition) is 1. The Hall–Kier alpha value is -2.56. The molecule has 0 unspecified atom stereocenters. The van der Waals surface area contributed by atoms with Crippen molar-refractivity contribution in [2.75, 3.05) is 24.5 Å². The third-order valence-corrected chi connectivity index (χ3v) is 4.46. The third-order valence-electron chi connectivity index (χ3n) is 4.46. The highest BCUT2D eigenvalue weighted by Gasteiger charge is 2.21. The van der Waals surface area contributed by atoms with Crippen LogP contribution in [0, 0.1) is 11.3 Å². The van der Waals surface area contributed by atoms with Crippen LogP contribution in [0.4, 0.5) is 5.69 Å². The summed E-state index contributed by atoms with van der Waals surface area (Å²) in [5.74, 6) is 0. The second-order valence-corrected chi connectivity index (χ2v) is 6.28. The van der Waals surface area contributed by atoms with Gasteiger partial charge in [-0.25, -0.2) is 4.52 Å². The molecule has 4 heterocycles. The van der Waals surface area contributed by atoms with Gasteiger partial charge in [0.15, 0.2) is 0 Å². The van der Waals surface area contributed by atoms with E-state index in [1.54, 1.807) is 10.9 Å². The molecule has 4 rings (SSSR count). The molecule has 25 heavy (non-hydrogen) atoms. The van der Waals surface area contributed by atoms with Crippen LogP contribution in [0.2, 0.25) is 0 Å². The summed E-state index contributed by atoms with van der Waals surface area (Å²) in [7, 11) is 1.91. The maximum absolute atomic E-state index is 9.44. The Morgan fingerprint density at radius 3 is 2.76 bits per heavy atom. The molecular weight excluding hydrogens is 338 g/mol. The lowest BCUT2D eigenvalue weighted by Crippen LogP contribution is -2.49. The van der Waals surface area contributed by atoms with Crippen molar-refractivity contribution in [3.63, 3.8) is 0 Å². The first-order valence-electron chi connectivity index (χ1n) is 8.04. The van der Waals surface area contributed by atoms with Gasteiger partial charge in [-0.05, 0) is 13.0 Å². The molecule has 3 aromatic rings. The number of halogens is 1. The highest BCUT2D eigenvalue weighted by Crippen LogP contribution is 2.31. The summed E-state index contributed by atoms with van der Waals surface area (Å²) >= 11 is 0. The Kier molecular flexibility index (Phi) is 4.66. The molecule has 0 aromatic carbocycles. The minimum Gasteiger partial charge on any atom is -0.367 e. The molecule has 7 nitrogen and oxygen atoms in total.